The highest BCUT2D eigenvalue weighted by Crippen LogP contribution is 2.35. The third-order valence-electron chi connectivity index (χ3n) is 6.65. The maximum atomic E-state index is 14.2. The SMILES string of the molecule is CO[C@H]1COC2C1OC[C@@H]2Oc1cc(F)ccc1Nc1ncnc2ccc(N3CCNCC3)nc12. The molecule has 10 nitrogen and oxygen atoms in total. The van der Waals surface area contributed by atoms with E-state index in [1.807, 2.05) is 12.1 Å². The van der Waals surface area contributed by atoms with Crippen molar-refractivity contribution in [1.82, 2.24) is 20.3 Å². The molecule has 0 bridgehead atoms. The lowest BCUT2D eigenvalue weighted by atomic mass is 10.1. The van der Waals surface area contributed by atoms with Crippen molar-refractivity contribution in [2.24, 2.45) is 0 Å². The van der Waals surface area contributed by atoms with E-state index < -0.39 is 5.82 Å². The highest BCUT2D eigenvalue weighted by molar-refractivity contribution is 5.88. The van der Waals surface area contributed by atoms with Crippen LogP contribution in [-0.2, 0) is 14.2 Å². The number of aromatic nitrogens is 3. The molecule has 3 aliphatic rings. The molecule has 2 N–H and O–H groups in total. The normalized spacial score (nSPS) is 26.2. The average molecular weight is 483 g/mol. The lowest BCUT2D eigenvalue weighted by molar-refractivity contribution is -0.0138. The second-order valence-electron chi connectivity index (χ2n) is 8.79. The Hall–Kier alpha value is -3.12. The Morgan fingerprint density at radius 2 is 1.86 bits per heavy atom. The van der Waals surface area contributed by atoms with Crippen LogP contribution in [0.25, 0.3) is 11.0 Å². The van der Waals surface area contributed by atoms with E-state index in [2.05, 4.69) is 25.5 Å². The molecule has 3 fully saturated rings. The summed E-state index contributed by atoms with van der Waals surface area (Å²) in [5.41, 5.74) is 1.90. The number of rotatable bonds is 6. The highest BCUT2D eigenvalue weighted by atomic mass is 19.1. The van der Waals surface area contributed by atoms with Gasteiger partial charge >= 0.3 is 0 Å². The first-order valence-corrected chi connectivity index (χ1v) is 11.8. The summed E-state index contributed by atoms with van der Waals surface area (Å²) >= 11 is 0. The highest BCUT2D eigenvalue weighted by Gasteiger charge is 2.49. The Morgan fingerprint density at radius 3 is 2.69 bits per heavy atom. The van der Waals surface area contributed by atoms with Crippen LogP contribution in [0.5, 0.6) is 5.75 Å². The van der Waals surface area contributed by atoms with Crippen LogP contribution in [-0.4, -0.2) is 85.9 Å². The summed E-state index contributed by atoms with van der Waals surface area (Å²) < 4.78 is 37.6. The smallest absolute Gasteiger partial charge is 0.160 e. The Labute approximate surface area is 201 Å². The number of nitrogens with zero attached hydrogens (tertiary/aromatic N) is 4. The molecular formula is C24H27FN6O4. The van der Waals surface area contributed by atoms with E-state index in [0.717, 1.165) is 32.0 Å². The lowest BCUT2D eigenvalue weighted by Gasteiger charge is -2.28. The number of pyridine rings is 1. The third kappa shape index (κ3) is 4.36. The zero-order valence-electron chi connectivity index (χ0n) is 19.3. The van der Waals surface area contributed by atoms with E-state index in [-0.39, 0.29) is 24.4 Å². The maximum absolute atomic E-state index is 14.2. The first-order valence-electron chi connectivity index (χ1n) is 11.8. The zero-order valence-corrected chi connectivity index (χ0v) is 19.3. The van der Waals surface area contributed by atoms with Crippen LogP contribution in [0.3, 0.4) is 0 Å². The molecule has 2 aromatic heterocycles. The number of halogens is 1. The van der Waals surface area contributed by atoms with E-state index in [1.54, 1.807) is 13.2 Å². The number of hydrogen-bond donors (Lipinski definition) is 2. The fourth-order valence-electron chi connectivity index (χ4n) is 4.81. The molecule has 2 unspecified atom stereocenters. The van der Waals surface area contributed by atoms with Crippen LogP contribution in [0.4, 0.5) is 21.7 Å². The van der Waals surface area contributed by atoms with Crippen molar-refractivity contribution in [2.45, 2.75) is 24.4 Å². The molecule has 6 rings (SSSR count). The molecule has 0 spiro atoms. The Balaban J connectivity index is 1.28. The van der Waals surface area contributed by atoms with Gasteiger partial charge in [-0.15, -0.1) is 0 Å². The molecule has 11 heteroatoms. The van der Waals surface area contributed by atoms with Gasteiger partial charge in [-0.2, -0.15) is 0 Å². The van der Waals surface area contributed by atoms with Gasteiger partial charge in [0.05, 0.1) is 24.4 Å². The van der Waals surface area contributed by atoms with Crippen molar-refractivity contribution in [1.29, 1.82) is 0 Å². The largest absolute Gasteiger partial charge is 0.483 e. The van der Waals surface area contributed by atoms with Gasteiger partial charge in [-0.25, -0.2) is 19.3 Å². The molecule has 3 saturated heterocycles. The van der Waals surface area contributed by atoms with Gasteiger partial charge in [0, 0.05) is 39.4 Å². The van der Waals surface area contributed by atoms with Crippen LogP contribution in [0.15, 0.2) is 36.7 Å². The number of anilines is 3. The molecule has 5 heterocycles. The van der Waals surface area contributed by atoms with Gasteiger partial charge < -0.3 is 34.5 Å². The summed E-state index contributed by atoms with van der Waals surface area (Å²) in [5, 5.41) is 6.63. The molecular weight excluding hydrogens is 455 g/mol. The van der Waals surface area contributed by atoms with E-state index in [9.17, 15) is 4.39 Å². The van der Waals surface area contributed by atoms with Crippen molar-refractivity contribution in [3.05, 3.63) is 42.5 Å². The zero-order chi connectivity index (χ0) is 23.8. The van der Waals surface area contributed by atoms with Gasteiger partial charge in [0.15, 0.2) is 11.9 Å². The topological polar surface area (TPSA) is 103 Å². The van der Waals surface area contributed by atoms with Gasteiger partial charge in [-0.1, -0.05) is 0 Å². The standard InChI is InChI=1S/C24H27FN6O4/c1-32-18-11-33-23-19(12-34-22(18)23)35-17-10-14(25)2-3-15(17)29-24-21-16(27-13-28-24)4-5-20(30-21)31-8-6-26-7-9-31/h2-5,10,13,18-19,22-23,26H,6-9,11-12H2,1H3,(H,27,28,29)/t18-,19-,22?,23?/m0/s1. The number of nitrogens with one attached hydrogen (secondary N) is 2. The van der Waals surface area contributed by atoms with E-state index >= 15 is 0 Å². The van der Waals surface area contributed by atoms with Gasteiger partial charge in [-0.05, 0) is 24.3 Å². The van der Waals surface area contributed by atoms with Crippen molar-refractivity contribution in [3.63, 3.8) is 0 Å². The van der Waals surface area contributed by atoms with Gasteiger partial charge in [0.25, 0.3) is 0 Å². The Morgan fingerprint density at radius 1 is 1.06 bits per heavy atom. The summed E-state index contributed by atoms with van der Waals surface area (Å²) in [6.45, 7) is 4.35. The molecule has 3 aliphatic heterocycles. The van der Waals surface area contributed by atoms with E-state index in [4.69, 9.17) is 23.9 Å². The van der Waals surface area contributed by atoms with Crippen LogP contribution >= 0.6 is 0 Å². The Bertz CT molecular complexity index is 1210. The third-order valence-corrected chi connectivity index (χ3v) is 6.65. The molecule has 0 saturated carbocycles. The van der Waals surface area contributed by atoms with Crippen molar-refractivity contribution < 1.29 is 23.3 Å². The van der Waals surface area contributed by atoms with Crippen LogP contribution < -0.4 is 20.3 Å². The van der Waals surface area contributed by atoms with Crippen molar-refractivity contribution >= 4 is 28.4 Å². The van der Waals surface area contributed by atoms with Crippen LogP contribution in [0.1, 0.15) is 0 Å². The molecule has 0 amide bonds. The molecule has 0 aliphatic carbocycles. The van der Waals surface area contributed by atoms with Gasteiger partial charge in [0.1, 0.15) is 47.5 Å². The monoisotopic (exact) mass is 482 g/mol. The van der Waals surface area contributed by atoms with Crippen LogP contribution in [0, 0.1) is 5.82 Å². The minimum absolute atomic E-state index is 0.137. The number of hydrogen-bond acceptors (Lipinski definition) is 10. The summed E-state index contributed by atoms with van der Waals surface area (Å²) in [7, 11) is 1.64. The molecule has 35 heavy (non-hydrogen) atoms. The second kappa shape index (κ2) is 9.50. The molecule has 0 radical (unpaired) electrons. The second-order valence-corrected chi connectivity index (χ2v) is 8.79. The Kier molecular flexibility index (Phi) is 6.06. The van der Waals surface area contributed by atoms with Crippen molar-refractivity contribution in [2.75, 3.05) is 56.7 Å². The minimum atomic E-state index is -0.408. The first kappa shape index (κ1) is 22.4. The van der Waals surface area contributed by atoms with Gasteiger partial charge in [-0.3, -0.25) is 0 Å². The average Bonchev–Trinajstić information content (AvgIpc) is 3.49. The fraction of sp³-hybridized carbons (Fsp3) is 0.458. The summed E-state index contributed by atoms with van der Waals surface area (Å²) in [6, 6.07) is 8.26. The van der Waals surface area contributed by atoms with E-state index in [0.29, 0.717) is 41.5 Å². The molecule has 3 aromatic rings. The first-order chi connectivity index (χ1) is 17.2. The molecule has 184 valence electrons. The number of fused-ring (bicyclic) bond motifs is 2. The molecule has 4 atom stereocenters. The lowest BCUT2D eigenvalue weighted by Crippen LogP contribution is -2.43. The summed E-state index contributed by atoms with van der Waals surface area (Å²) in [6.07, 6.45) is 0.477. The van der Waals surface area contributed by atoms with E-state index in [1.165, 1.54) is 18.5 Å². The van der Waals surface area contributed by atoms with Gasteiger partial charge in [0.2, 0.25) is 0 Å². The summed E-state index contributed by atoms with van der Waals surface area (Å²) in [5.74, 6) is 1.32. The predicted octanol–water partition coefficient (Wildman–Crippen LogP) is 1.88. The number of piperazine rings is 1. The number of methoxy groups -OCH3 is 1. The molecule has 1 aromatic carbocycles. The predicted molar refractivity (Wildman–Crippen MR) is 127 cm³/mol. The summed E-state index contributed by atoms with van der Waals surface area (Å²) in [4.78, 5) is 15.9. The fourth-order valence-corrected chi connectivity index (χ4v) is 4.81. The number of ether oxygens (including phenoxy) is 4. The number of benzene rings is 1. The minimum Gasteiger partial charge on any atom is -0.483 e. The van der Waals surface area contributed by atoms with Crippen LogP contribution in [0.2, 0.25) is 0 Å². The maximum Gasteiger partial charge on any atom is 0.160 e. The quantitative estimate of drug-likeness (QED) is 0.541. The van der Waals surface area contributed by atoms with Crippen molar-refractivity contribution in [3.8, 4) is 5.75 Å².